The molecule has 0 aliphatic carbocycles. The van der Waals surface area contributed by atoms with E-state index in [-0.39, 0.29) is 19.1 Å². The first kappa shape index (κ1) is 16.5. The molecule has 2 heterocycles. The Morgan fingerprint density at radius 2 is 2.25 bits per heavy atom. The fourth-order valence-corrected chi connectivity index (χ4v) is 2.76. The summed E-state index contributed by atoms with van der Waals surface area (Å²) in [4.78, 5) is 18.8. The van der Waals surface area contributed by atoms with Crippen molar-refractivity contribution in [1.82, 2.24) is 15.0 Å². The average molecular weight is 364 g/mol. The quantitative estimate of drug-likeness (QED) is 0.670. The van der Waals surface area contributed by atoms with Crippen molar-refractivity contribution in [3.63, 3.8) is 0 Å². The summed E-state index contributed by atoms with van der Waals surface area (Å²) in [5.74, 6) is 1.24. The molecule has 24 heavy (non-hydrogen) atoms. The molecule has 0 bridgehead atoms. The molecule has 0 saturated heterocycles. The first-order valence-corrected chi connectivity index (χ1v) is 8.36. The number of nitrogens with zero attached hydrogens (tertiary/aromatic N) is 3. The summed E-state index contributed by atoms with van der Waals surface area (Å²) in [5.41, 5.74) is 0. The predicted octanol–water partition coefficient (Wildman–Crippen LogP) is 3.49. The Morgan fingerprint density at radius 3 is 3.00 bits per heavy atom. The summed E-state index contributed by atoms with van der Waals surface area (Å²) < 4.78 is 10.6. The molecular weight excluding hydrogens is 350 g/mol. The van der Waals surface area contributed by atoms with Gasteiger partial charge in [0.15, 0.2) is 6.61 Å². The molecule has 1 amide bonds. The van der Waals surface area contributed by atoms with Gasteiger partial charge in [0, 0.05) is 12.1 Å². The van der Waals surface area contributed by atoms with Crippen LogP contribution < -0.4 is 4.74 Å². The SMILES string of the molecule is CN(Cc1nc(-c2cccs2)no1)C(=O)COc1cccc(Cl)c1. The van der Waals surface area contributed by atoms with Gasteiger partial charge in [-0.15, -0.1) is 11.3 Å². The Balaban J connectivity index is 1.54. The van der Waals surface area contributed by atoms with Gasteiger partial charge in [0.1, 0.15) is 5.75 Å². The summed E-state index contributed by atoms with van der Waals surface area (Å²) in [7, 11) is 1.65. The van der Waals surface area contributed by atoms with Gasteiger partial charge in [0.25, 0.3) is 5.91 Å². The smallest absolute Gasteiger partial charge is 0.260 e. The second-order valence-corrected chi connectivity index (χ2v) is 6.37. The lowest BCUT2D eigenvalue weighted by Gasteiger charge is -2.15. The van der Waals surface area contributed by atoms with Crippen molar-refractivity contribution in [2.24, 2.45) is 0 Å². The molecule has 1 aromatic carbocycles. The average Bonchev–Trinajstić information content (AvgIpc) is 3.23. The van der Waals surface area contributed by atoms with E-state index in [9.17, 15) is 4.79 Å². The van der Waals surface area contributed by atoms with Crippen molar-refractivity contribution in [3.8, 4) is 16.5 Å². The molecule has 0 aliphatic heterocycles. The Kier molecular flexibility index (Phi) is 5.12. The Bertz CT molecular complexity index is 820. The number of ether oxygens (including phenoxy) is 1. The summed E-state index contributed by atoms with van der Waals surface area (Å²) in [6.45, 7) is 0.124. The van der Waals surface area contributed by atoms with Crippen molar-refractivity contribution in [2.75, 3.05) is 13.7 Å². The van der Waals surface area contributed by atoms with Crippen LogP contribution in [0.1, 0.15) is 5.89 Å². The van der Waals surface area contributed by atoms with Gasteiger partial charge in [-0.05, 0) is 29.6 Å². The van der Waals surface area contributed by atoms with Crippen molar-refractivity contribution in [1.29, 1.82) is 0 Å². The number of amides is 1. The van der Waals surface area contributed by atoms with E-state index in [2.05, 4.69) is 10.1 Å². The second-order valence-electron chi connectivity index (χ2n) is 4.98. The minimum Gasteiger partial charge on any atom is -0.484 e. The van der Waals surface area contributed by atoms with Crippen LogP contribution in [0.3, 0.4) is 0 Å². The molecular formula is C16H14ClN3O3S. The molecule has 3 rings (SSSR count). The molecule has 0 saturated carbocycles. The van der Waals surface area contributed by atoms with Crippen LogP contribution in [-0.4, -0.2) is 34.6 Å². The van der Waals surface area contributed by atoms with Crippen molar-refractivity contribution in [2.45, 2.75) is 6.54 Å². The molecule has 3 aromatic rings. The van der Waals surface area contributed by atoms with Gasteiger partial charge in [0.2, 0.25) is 11.7 Å². The molecule has 6 nitrogen and oxygen atoms in total. The molecule has 0 N–H and O–H groups in total. The van der Waals surface area contributed by atoms with Gasteiger partial charge >= 0.3 is 0 Å². The Labute approximate surface area is 147 Å². The normalized spacial score (nSPS) is 10.6. The number of likely N-dealkylation sites (N-methyl/N-ethyl adjacent to an activating group) is 1. The number of halogens is 1. The van der Waals surface area contributed by atoms with Crippen LogP contribution in [0.2, 0.25) is 5.02 Å². The number of hydrogen-bond acceptors (Lipinski definition) is 6. The van der Waals surface area contributed by atoms with Crippen LogP contribution in [0.5, 0.6) is 5.75 Å². The summed E-state index contributed by atoms with van der Waals surface area (Å²) in [5, 5.41) is 6.41. The minimum absolute atomic E-state index is 0.0945. The number of hydrogen-bond donors (Lipinski definition) is 0. The number of rotatable bonds is 6. The Morgan fingerprint density at radius 1 is 1.38 bits per heavy atom. The van der Waals surface area contributed by atoms with Crippen LogP contribution >= 0.6 is 22.9 Å². The van der Waals surface area contributed by atoms with Crippen LogP contribution in [0.4, 0.5) is 0 Å². The predicted molar refractivity (Wildman–Crippen MR) is 91.0 cm³/mol. The maximum Gasteiger partial charge on any atom is 0.260 e. The van der Waals surface area contributed by atoms with Gasteiger partial charge in [-0.2, -0.15) is 4.98 Å². The van der Waals surface area contributed by atoms with Gasteiger partial charge in [-0.3, -0.25) is 4.79 Å². The highest BCUT2D eigenvalue weighted by molar-refractivity contribution is 7.13. The number of carbonyl (C=O) groups is 1. The van der Waals surface area contributed by atoms with E-state index in [1.54, 1.807) is 31.3 Å². The van der Waals surface area contributed by atoms with E-state index in [0.29, 0.717) is 22.5 Å². The van der Waals surface area contributed by atoms with Gasteiger partial charge in [0.05, 0.1) is 11.4 Å². The maximum atomic E-state index is 12.1. The summed E-state index contributed by atoms with van der Waals surface area (Å²) in [6.07, 6.45) is 0. The molecule has 2 aromatic heterocycles. The molecule has 0 aliphatic rings. The van der Waals surface area contributed by atoms with E-state index >= 15 is 0 Å². The van der Waals surface area contributed by atoms with E-state index in [1.807, 2.05) is 17.5 Å². The van der Waals surface area contributed by atoms with E-state index in [4.69, 9.17) is 20.9 Å². The highest BCUT2D eigenvalue weighted by atomic mass is 35.5. The fourth-order valence-electron chi connectivity index (χ4n) is 1.93. The lowest BCUT2D eigenvalue weighted by molar-refractivity contribution is -0.132. The van der Waals surface area contributed by atoms with Crippen molar-refractivity contribution >= 4 is 28.8 Å². The third-order valence-electron chi connectivity index (χ3n) is 3.17. The molecule has 0 spiro atoms. The van der Waals surface area contributed by atoms with Crippen LogP contribution in [0.15, 0.2) is 46.3 Å². The number of benzene rings is 1. The third kappa shape index (κ3) is 4.12. The second kappa shape index (κ2) is 7.46. The van der Waals surface area contributed by atoms with Crippen molar-refractivity contribution in [3.05, 3.63) is 52.7 Å². The fraction of sp³-hybridized carbons (Fsp3) is 0.188. The van der Waals surface area contributed by atoms with Crippen LogP contribution in [-0.2, 0) is 11.3 Å². The lowest BCUT2D eigenvalue weighted by atomic mass is 10.3. The van der Waals surface area contributed by atoms with Crippen LogP contribution in [0.25, 0.3) is 10.7 Å². The number of aromatic nitrogens is 2. The topological polar surface area (TPSA) is 68.5 Å². The first-order valence-electron chi connectivity index (χ1n) is 7.10. The molecule has 8 heteroatoms. The first-order chi connectivity index (χ1) is 11.6. The largest absolute Gasteiger partial charge is 0.484 e. The highest BCUT2D eigenvalue weighted by Crippen LogP contribution is 2.21. The molecule has 124 valence electrons. The van der Waals surface area contributed by atoms with E-state index in [0.717, 1.165) is 4.88 Å². The summed E-state index contributed by atoms with van der Waals surface area (Å²) in [6, 6.07) is 10.7. The lowest BCUT2D eigenvalue weighted by Crippen LogP contribution is -2.31. The van der Waals surface area contributed by atoms with Gasteiger partial charge in [-0.25, -0.2) is 0 Å². The Hall–Kier alpha value is -2.38. The molecule has 0 atom stereocenters. The van der Waals surface area contributed by atoms with Gasteiger partial charge in [-0.1, -0.05) is 28.9 Å². The van der Waals surface area contributed by atoms with Gasteiger partial charge < -0.3 is 14.2 Å². The zero-order valence-corrected chi connectivity index (χ0v) is 14.4. The number of thiophene rings is 1. The number of carbonyl (C=O) groups excluding carboxylic acids is 1. The zero-order valence-electron chi connectivity index (χ0n) is 12.8. The minimum atomic E-state index is -0.203. The zero-order chi connectivity index (χ0) is 16.9. The highest BCUT2D eigenvalue weighted by Gasteiger charge is 2.15. The maximum absolute atomic E-state index is 12.1. The van der Waals surface area contributed by atoms with Crippen LogP contribution in [0, 0.1) is 0 Å². The molecule has 0 radical (unpaired) electrons. The van der Waals surface area contributed by atoms with E-state index in [1.165, 1.54) is 16.2 Å². The molecule has 0 fully saturated rings. The summed E-state index contributed by atoms with van der Waals surface area (Å²) >= 11 is 7.40. The van der Waals surface area contributed by atoms with Crippen molar-refractivity contribution < 1.29 is 14.1 Å². The third-order valence-corrected chi connectivity index (χ3v) is 4.27. The monoisotopic (exact) mass is 363 g/mol. The standard InChI is InChI=1S/C16H14ClN3O3S/c1-20(15(21)10-22-12-5-2-4-11(17)8-12)9-14-18-16(19-23-14)13-6-3-7-24-13/h2-8H,9-10H2,1H3. The molecule has 0 unspecified atom stereocenters. The van der Waals surface area contributed by atoms with E-state index < -0.39 is 0 Å².